The molecule has 2 N–H and O–H groups in total. The lowest BCUT2D eigenvalue weighted by Crippen LogP contribution is -2.42. The van der Waals surface area contributed by atoms with Crippen LogP contribution in [0.25, 0.3) is 0 Å². The zero-order valence-electron chi connectivity index (χ0n) is 25.8. The molecule has 1 aromatic rings. The number of nitrogens with zero attached hydrogens (tertiary/aromatic N) is 1. The molecular formula is C41H45N3. The van der Waals surface area contributed by atoms with Crippen molar-refractivity contribution in [3.63, 3.8) is 0 Å². The summed E-state index contributed by atoms with van der Waals surface area (Å²) in [6.45, 7) is 0.991. The van der Waals surface area contributed by atoms with E-state index in [1.165, 1.54) is 44.8 Å². The molecule has 3 heteroatoms. The van der Waals surface area contributed by atoms with Gasteiger partial charge in [-0.3, -0.25) is 4.99 Å². The summed E-state index contributed by atoms with van der Waals surface area (Å²) >= 11 is 0. The smallest absolute Gasteiger partial charge is 0.145 e. The Morgan fingerprint density at radius 2 is 1.52 bits per heavy atom. The Morgan fingerprint density at radius 1 is 0.750 bits per heavy atom. The van der Waals surface area contributed by atoms with Gasteiger partial charge in [-0.05, 0) is 97.1 Å². The second-order valence-corrected chi connectivity index (χ2v) is 12.7. The van der Waals surface area contributed by atoms with Crippen LogP contribution in [0, 0.1) is 11.8 Å². The van der Waals surface area contributed by atoms with Gasteiger partial charge in [0.2, 0.25) is 0 Å². The van der Waals surface area contributed by atoms with Crippen LogP contribution >= 0.6 is 0 Å². The zero-order valence-corrected chi connectivity index (χ0v) is 25.8. The van der Waals surface area contributed by atoms with Crippen LogP contribution in [-0.2, 0) is 0 Å². The van der Waals surface area contributed by atoms with E-state index in [4.69, 9.17) is 4.99 Å². The first-order valence-corrected chi connectivity index (χ1v) is 16.8. The summed E-state index contributed by atoms with van der Waals surface area (Å²) in [7, 11) is 0. The lowest BCUT2D eigenvalue weighted by molar-refractivity contribution is 0.398. The van der Waals surface area contributed by atoms with E-state index in [9.17, 15) is 0 Å². The van der Waals surface area contributed by atoms with Crippen LogP contribution in [-0.4, -0.2) is 18.3 Å². The Hall–Kier alpha value is -3.95. The summed E-state index contributed by atoms with van der Waals surface area (Å²) in [5.41, 5.74) is 10.7. The SMILES string of the molecule is C1=CC(C2CNC(C3=CCCC=C3)C=C2C2=CCCC=C2)CC(C2=NC(c3ccccc3)N/C(C3=CCCC=C3)=C\CC2)=C1. The predicted molar refractivity (Wildman–Crippen MR) is 185 cm³/mol. The fourth-order valence-electron chi connectivity index (χ4n) is 7.38. The monoisotopic (exact) mass is 579 g/mol. The molecule has 0 radical (unpaired) electrons. The van der Waals surface area contributed by atoms with E-state index in [1.807, 2.05) is 0 Å². The van der Waals surface area contributed by atoms with Crippen molar-refractivity contribution < 1.29 is 0 Å². The molecule has 0 amide bonds. The van der Waals surface area contributed by atoms with Gasteiger partial charge < -0.3 is 10.6 Å². The highest BCUT2D eigenvalue weighted by molar-refractivity contribution is 6.01. The first kappa shape index (κ1) is 28.8. The van der Waals surface area contributed by atoms with Crippen LogP contribution in [0.5, 0.6) is 0 Å². The first-order chi connectivity index (χ1) is 21.8. The van der Waals surface area contributed by atoms with Crippen LogP contribution in [0.2, 0.25) is 0 Å². The van der Waals surface area contributed by atoms with Gasteiger partial charge >= 0.3 is 0 Å². The van der Waals surface area contributed by atoms with E-state index >= 15 is 0 Å². The minimum Gasteiger partial charge on any atom is -0.360 e. The third-order valence-corrected chi connectivity index (χ3v) is 9.74. The molecule has 0 saturated heterocycles. The van der Waals surface area contributed by atoms with Gasteiger partial charge in [0.15, 0.2) is 0 Å². The minimum absolute atomic E-state index is 0.110. The fraction of sp³-hybridized carbons (Fsp3) is 0.341. The number of hydrogen-bond acceptors (Lipinski definition) is 3. The maximum atomic E-state index is 5.48. The molecule has 3 nitrogen and oxygen atoms in total. The number of rotatable bonds is 6. The largest absolute Gasteiger partial charge is 0.360 e. The van der Waals surface area contributed by atoms with Crippen LogP contribution in [0.4, 0.5) is 0 Å². The molecule has 0 saturated carbocycles. The van der Waals surface area contributed by atoms with Gasteiger partial charge in [-0.15, -0.1) is 0 Å². The van der Waals surface area contributed by atoms with Crippen molar-refractivity contribution in [2.75, 3.05) is 6.54 Å². The molecule has 0 spiro atoms. The van der Waals surface area contributed by atoms with Crippen molar-refractivity contribution in [1.82, 2.24) is 10.6 Å². The topological polar surface area (TPSA) is 36.4 Å². The van der Waals surface area contributed by atoms with Crippen LogP contribution in [0.3, 0.4) is 0 Å². The summed E-state index contributed by atoms with van der Waals surface area (Å²) in [6, 6.07) is 11.0. The van der Waals surface area contributed by atoms with E-state index in [2.05, 4.69) is 126 Å². The summed E-state index contributed by atoms with van der Waals surface area (Å²) in [5, 5.41) is 7.76. The molecule has 224 valence electrons. The maximum Gasteiger partial charge on any atom is 0.145 e. The molecule has 7 rings (SSSR count). The molecule has 0 bridgehead atoms. The molecule has 6 aliphatic rings. The predicted octanol–water partition coefficient (Wildman–Crippen LogP) is 9.24. The molecule has 2 aliphatic heterocycles. The van der Waals surface area contributed by atoms with Crippen molar-refractivity contribution in [3.8, 4) is 0 Å². The van der Waals surface area contributed by atoms with Gasteiger partial charge in [-0.1, -0.05) is 115 Å². The van der Waals surface area contributed by atoms with E-state index in [0.29, 0.717) is 17.9 Å². The Balaban J connectivity index is 1.15. The Kier molecular flexibility index (Phi) is 9.02. The molecule has 44 heavy (non-hydrogen) atoms. The zero-order chi connectivity index (χ0) is 29.6. The molecule has 0 fully saturated rings. The quantitative estimate of drug-likeness (QED) is 0.352. The van der Waals surface area contributed by atoms with Crippen molar-refractivity contribution >= 4 is 5.71 Å². The molecule has 0 aromatic heterocycles. The average molecular weight is 580 g/mol. The van der Waals surface area contributed by atoms with Gasteiger partial charge in [0.1, 0.15) is 6.17 Å². The van der Waals surface area contributed by atoms with Gasteiger partial charge in [0.25, 0.3) is 0 Å². The van der Waals surface area contributed by atoms with E-state index in [0.717, 1.165) is 64.3 Å². The summed E-state index contributed by atoms with van der Waals surface area (Å²) < 4.78 is 0. The van der Waals surface area contributed by atoms with Crippen LogP contribution in [0.15, 0.2) is 154 Å². The van der Waals surface area contributed by atoms with Gasteiger partial charge in [0.05, 0.1) is 6.04 Å². The molecule has 4 unspecified atom stereocenters. The molecule has 2 heterocycles. The van der Waals surface area contributed by atoms with Gasteiger partial charge in [-0.25, -0.2) is 0 Å². The lowest BCUT2D eigenvalue weighted by Gasteiger charge is -2.37. The summed E-state index contributed by atoms with van der Waals surface area (Å²) in [5.74, 6) is 0.865. The Bertz CT molecular complexity index is 1570. The van der Waals surface area contributed by atoms with Crippen LogP contribution < -0.4 is 10.6 Å². The normalized spacial score (nSPS) is 29.9. The van der Waals surface area contributed by atoms with Gasteiger partial charge in [0, 0.05) is 23.9 Å². The number of nitrogens with one attached hydrogen (secondary N) is 2. The number of benzene rings is 1. The van der Waals surface area contributed by atoms with Crippen LogP contribution in [0.1, 0.15) is 69.5 Å². The van der Waals surface area contributed by atoms with Crippen molar-refractivity contribution in [1.29, 1.82) is 0 Å². The number of allylic oxidation sites excluding steroid dienone is 14. The highest BCUT2D eigenvalue weighted by Gasteiger charge is 2.32. The highest BCUT2D eigenvalue weighted by atomic mass is 15.1. The van der Waals surface area contributed by atoms with E-state index in [-0.39, 0.29) is 6.17 Å². The van der Waals surface area contributed by atoms with Gasteiger partial charge in [-0.2, -0.15) is 0 Å². The summed E-state index contributed by atoms with van der Waals surface area (Å²) in [4.78, 5) is 5.48. The maximum absolute atomic E-state index is 5.48. The molecule has 4 aliphatic carbocycles. The summed E-state index contributed by atoms with van der Waals surface area (Å²) in [6.07, 6.45) is 42.8. The third kappa shape index (κ3) is 6.59. The van der Waals surface area contributed by atoms with Crippen molar-refractivity contribution in [2.24, 2.45) is 16.8 Å². The van der Waals surface area contributed by atoms with E-state index < -0.39 is 0 Å². The van der Waals surface area contributed by atoms with Crippen molar-refractivity contribution in [2.45, 2.75) is 70.0 Å². The van der Waals surface area contributed by atoms with Crippen molar-refractivity contribution in [3.05, 3.63) is 155 Å². The number of hydrogen-bond donors (Lipinski definition) is 2. The first-order valence-electron chi connectivity index (χ1n) is 16.8. The number of aliphatic imine (C=N–C) groups is 1. The molecular weight excluding hydrogens is 534 g/mol. The fourth-order valence-corrected chi connectivity index (χ4v) is 7.38. The second-order valence-electron chi connectivity index (χ2n) is 12.7. The van der Waals surface area contributed by atoms with E-state index in [1.54, 1.807) is 0 Å². The average Bonchev–Trinajstić information content (AvgIpc) is 3.10. The lowest BCUT2D eigenvalue weighted by atomic mass is 9.73. The highest BCUT2D eigenvalue weighted by Crippen LogP contribution is 2.39. The molecule has 1 aromatic carbocycles. The Morgan fingerprint density at radius 3 is 2.27 bits per heavy atom. The molecule has 4 atom stereocenters. The second kappa shape index (κ2) is 13.8. The third-order valence-electron chi connectivity index (χ3n) is 9.74. The minimum atomic E-state index is -0.110. The standard InChI is InChI=1S/C41H45N3/c1-5-15-30(16-6-1)36-28-40(32-19-9-3-10-20-32)42-29-37(36)34-23-13-24-35(27-34)39-26-14-25-38(31-17-7-2-8-18-31)43-41(44-39)33-21-11-4-12-22-33/h4-5,7,9,11-13,15-25,28,34,37,40-43H,1-3,6,8,10,14,26-27,29H2/b38-25-,44-39?. The Labute approximate surface area is 263 Å².